The maximum absolute atomic E-state index is 5.67. The fourth-order valence-electron chi connectivity index (χ4n) is 2.02. The minimum Gasteiger partial charge on any atom is -0.493 e. The van der Waals surface area contributed by atoms with Crippen molar-refractivity contribution in [3.8, 4) is 11.5 Å². The molecule has 1 heterocycles. The number of hydrogen-bond donors (Lipinski definition) is 1. The fourth-order valence-corrected chi connectivity index (χ4v) is 2.02. The minimum absolute atomic E-state index is 0.647. The predicted octanol–water partition coefficient (Wildman–Crippen LogP) is 1.70. The summed E-state index contributed by atoms with van der Waals surface area (Å²) >= 11 is 0. The highest BCUT2D eigenvalue weighted by atomic mass is 16.5. The zero-order valence-electron chi connectivity index (χ0n) is 10.9. The van der Waals surface area contributed by atoms with Crippen LogP contribution < -0.4 is 14.8 Å². The summed E-state index contributed by atoms with van der Waals surface area (Å²) in [5, 5.41) is 3.39. The average molecular weight is 251 g/mol. The van der Waals surface area contributed by atoms with Crippen LogP contribution in [0.4, 0.5) is 0 Å². The molecule has 18 heavy (non-hydrogen) atoms. The highest BCUT2D eigenvalue weighted by molar-refractivity contribution is 5.39. The SMILES string of the molecule is COc1ccccc1OCCNCC1CCOC1. The van der Waals surface area contributed by atoms with Crippen molar-refractivity contribution in [3.63, 3.8) is 0 Å². The minimum atomic E-state index is 0.647. The van der Waals surface area contributed by atoms with E-state index >= 15 is 0 Å². The number of rotatable bonds is 7. The molecule has 0 radical (unpaired) electrons. The first-order valence-corrected chi connectivity index (χ1v) is 6.44. The number of methoxy groups -OCH3 is 1. The van der Waals surface area contributed by atoms with Crippen LogP contribution in [0.15, 0.2) is 24.3 Å². The highest BCUT2D eigenvalue weighted by Gasteiger charge is 2.14. The van der Waals surface area contributed by atoms with Gasteiger partial charge in [0.15, 0.2) is 11.5 Å². The van der Waals surface area contributed by atoms with Gasteiger partial charge in [0, 0.05) is 19.7 Å². The van der Waals surface area contributed by atoms with E-state index in [1.165, 1.54) is 6.42 Å². The monoisotopic (exact) mass is 251 g/mol. The Kier molecular flexibility index (Phi) is 5.30. The lowest BCUT2D eigenvalue weighted by Gasteiger charge is -2.12. The second-order valence-electron chi connectivity index (χ2n) is 4.43. The van der Waals surface area contributed by atoms with Crippen LogP contribution in [-0.4, -0.2) is 40.0 Å². The lowest BCUT2D eigenvalue weighted by Crippen LogP contribution is -2.27. The Hall–Kier alpha value is -1.26. The molecule has 1 aromatic rings. The summed E-state index contributed by atoms with van der Waals surface area (Å²) in [5.74, 6) is 2.24. The molecular formula is C14H21NO3. The Morgan fingerprint density at radius 2 is 2.17 bits per heavy atom. The Bertz CT molecular complexity index is 351. The van der Waals surface area contributed by atoms with Crippen molar-refractivity contribution in [1.29, 1.82) is 0 Å². The van der Waals surface area contributed by atoms with Crippen LogP contribution in [-0.2, 0) is 4.74 Å². The first-order chi connectivity index (χ1) is 8.90. The van der Waals surface area contributed by atoms with Crippen molar-refractivity contribution in [1.82, 2.24) is 5.32 Å². The molecule has 0 amide bonds. The van der Waals surface area contributed by atoms with E-state index in [0.29, 0.717) is 12.5 Å². The number of ether oxygens (including phenoxy) is 3. The van der Waals surface area contributed by atoms with Crippen molar-refractivity contribution in [3.05, 3.63) is 24.3 Å². The Labute approximate surface area is 108 Å². The van der Waals surface area contributed by atoms with Crippen molar-refractivity contribution in [2.24, 2.45) is 5.92 Å². The molecule has 0 saturated carbocycles. The van der Waals surface area contributed by atoms with E-state index in [1.807, 2.05) is 24.3 Å². The summed E-state index contributed by atoms with van der Waals surface area (Å²) in [5.41, 5.74) is 0. The molecule has 1 fully saturated rings. The second-order valence-corrected chi connectivity index (χ2v) is 4.43. The average Bonchev–Trinajstić information content (AvgIpc) is 2.92. The van der Waals surface area contributed by atoms with Gasteiger partial charge in [0.25, 0.3) is 0 Å². The lowest BCUT2D eigenvalue weighted by atomic mass is 10.1. The summed E-state index contributed by atoms with van der Waals surface area (Å²) in [6, 6.07) is 7.70. The molecule has 1 N–H and O–H groups in total. The van der Waals surface area contributed by atoms with Crippen molar-refractivity contribution < 1.29 is 14.2 Å². The smallest absolute Gasteiger partial charge is 0.161 e. The largest absolute Gasteiger partial charge is 0.493 e. The molecule has 0 aliphatic carbocycles. The quantitative estimate of drug-likeness (QED) is 0.749. The Morgan fingerprint density at radius 3 is 2.89 bits per heavy atom. The van der Waals surface area contributed by atoms with E-state index in [-0.39, 0.29) is 0 Å². The number of hydrogen-bond acceptors (Lipinski definition) is 4. The van der Waals surface area contributed by atoms with Crippen molar-refractivity contribution in [2.45, 2.75) is 6.42 Å². The van der Waals surface area contributed by atoms with Crippen LogP contribution in [0.1, 0.15) is 6.42 Å². The van der Waals surface area contributed by atoms with Crippen LogP contribution in [0, 0.1) is 5.92 Å². The van der Waals surface area contributed by atoms with Crippen LogP contribution >= 0.6 is 0 Å². The number of para-hydroxylation sites is 2. The van der Waals surface area contributed by atoms with Crippen molar-refractivity contribution >= 4 is 0 Å². The second kappa shape index (κ2) is 7.24. The normalized spacial score (nSPS) is 18.8. The predicted molar refractivity (Wildman–Crippen MR) is 70.3 cm³/mol. The van der Waals surface area contributed by atoms with Crippen LogP contribution in [0.2, 0.25) is 0 Å². The van der Waals surface area contributed by atoms with Gasteiger partial charge in [0.1, 0.15) is 6.61 Å². The van der Waals surface area contributed by atoms with Gasteiger partial charge < -0.3 is 19.5 Å². The van der Waals surface area contributed by atoms with E-state index < -0.39 is 0 Å². The molecule has 1 aromatic carbocycles. The standard InChI is InChI=1S/C14H21NO3/c1-16-13-4-2-3-5-14(13)18-9-7-15-10-12-6-8-17-11-12/h2-5,12,15H,6-11H2,1H3. The molecule has 1 saturated heterocycles. The molecule has 1 unspecified atom stereocenters. The van der Waals surface area contributed by atoms with Crippen LogP contribution in [0.5, 0.6) is 11.5 Å². The van der Waals surface area contributed by atoms with Crippen molar-refractivity contribution in [2.75, 3.05) is 40.0 Å². The molecule has 1 aliphatic heterocycles. The molecule has 1 aliphatic rings. The Balaban J connectivity index is 1.62. The molecule has 2 rings (SSSR count). The van der Waals surface area contributed by atoms with Gasteiger partial charge in [0.2, 0.25) is 0 Å². The first kappa shape index (κ1) is 13.2. The summed E-state index contributed by atoms with van der Waals surface area (Å²) in [6.07, 6.45) is 1.17. The molecule has 0 aromatic heterocycles. The zero-order chi connectivity index (χ0) is 12.6. The third-order valence-electron chi connectivity index (χ3n) is 3.06. The molecule has 4 heteroatoms. The van der Waals surface area contributed by atoms with Gasteiger partial charge in [-0.2, -0.15) is 0 Å². The molecular weight excluding hydrogens is 230 g/mol. The summed E-state index contributed by atoms with van der Waals surface area (Å²) in [6.45, 7) is 4.29. The van der Waals surface area contributed by atoms with Crippen LogP contribution in [0.25, 0.3) is 0 Å². The Morgan fingerprint density at radius 1 is 1.33 bits per heavy atom. The van der Waals surface area contributed by atoms with Crippen LogP contribution in [0.3, 0.4) is 0 Å². The fraction of sp³-hybridized carbons (Fsp3) is 0.571. The van der Waals surface area contributed by atoms with Gasteiger partial charge >= 0.3 is 0 Å². The maximum Gasteiger partial charge on any atom is 0.161 e. The van der Waals surface area contributed by atoms with Gasteiger partial charge in [-0.3, -0.25) is 0 Å². The zero-order valence-corrected chi connectivity index (χ0v) is 10.9. The molecule has 4 nitrogen and oxygen atoms in total. The van der Waals surface area contributed by atoms with E-state index in [1.54, 1.807) is 7.11 Å². The summed E-state index contributed by atoms with van der Waals surface area (Å²) in [4.78, 5) is 0. The molecule has 0 spiro atoms. The number of benzene rings is 1. The van der Waals surface area contributed by atoms with E-state index in [9.17, 15) is 0 Å². The van der Waals surface area contributed by atoms with Gasteiger partial charge in [-0.1, -0.05) is 12.1 Å². The topological polar surface area (TPSA) is 39.7 Å². The first-order valence-electron chi connectivity index (χ1n) is 6.44. The molecule has 100 valence electrons. The third kappa shape index (κ3) is 3.89. The number of nitrogens with one attached hydrogen (secondary N) is 1. The summed E-state index contributed by atoms with van der Waals surface area (Å²) in [7, 11) is 1.65. The molecule has 1 atom stereocenters. The van der Waals surface area contributed by atoms with Gasteiger partial charge in [-0.25, -0.2) is 0 Å². The maximum atomic E-state index is 5.67. The van der Waals surface area contributed by atoms with Gasteiger partial charge in [-0.15, -0.1) is 0 Å². The van der Waals surface area contributed by atoms with E-state index in [2.05, 4.69) is 5.32 Å². The van der Waals surface area contributed by atoms with E-state index in [0.717, 1.165) is 37.8 Å². The van der Waals surface area contributed by atoms with E-state index in [4.69, 9.17) is 14.2 Å². The lowest BCUT2D eigenvalue weighted by molar-refractivity contribution is 0.184. The van der Waals surface area contributed by atoms with Gasteiger partial charge in [-0.05, 0) is 24.5 Å². The summed E-state index contributed by atoms with van der Waals surface area (Å²) < 4.78 is 16.2. The molecule has 0 bridgehead atoms. The highest BCUT2D eigenvalue weighted by Crippen LogP contribution is 2.25. The van der Waals surface area contributed by atoms with Gasteiger partial charge in [0.05, 0.1) is 13.7 Å². The third-order valence-corrected chi connectivity index (χ3v) is 3.06.